The Morgan fingerprint density at radius 2 is 1.77 bits per heavy atom. The van der Waals surface area contributed by atoms with E-state index in [-0.39, 0.29) is 5.75 Å². The number of halogens is 3. The molecule has 3 aromatic rings. The Morgan fingerprint density at radius 1 is 1.10 bits per heavy atom. The number of aromatic nitrogens is 2. The van der Waals surface area contributed by atoms with Crippen LogP contribution in [0.25, 0.3) is 11.3 Å². The summed E-state index contributed by atoms with van der Waals surface area (Å²) in [6, 6.07) is 12.1. The number of rotatable bonds is 7. The number of carbonyl (C=O) groups is 1. The Labute approximate surface area is 180 Å². The summed E-state index contributed by atoms with van der Waals surface area (Å²) >= 11 is 1.41. The molecular weight excluding hydrogens is 431 g/mol. The van der Waals surface area contributed by atoms with Gasteiger partial charge in [0.1, 0.15) is 5.75 Å². The molecule has 0 unspecified atom stereocenters. The second-order valence-corrected chi connectivity index (χ2v) is 6.95. The minimum atomic E-state index is -4.75. The van der Waals surface area contributed by atoms with E-state index in [9.17, 15) is 18.0 Å². The number of nitrogens with zero attached hydrogens (tertiary/aromatic N) is 2. The molecule has 0 saturated carbocycles. The summed E-state index contributed by atoms with van der Waals surface area (Å²) in [6.45, 7) is 2.03. The van der Waals surface area contributed by atoms with Gasteiger partial charge in [0.15, 0.2) is 0 Å². The summed E-state index contributed by atoms with van der Waals surface area (Å²) in [5.74, 6) is -0.418. The van der Waals surface area contributed by atoms with Gasteiger partial charge in [0.25, 0.3) is 0 Å². The number of hydrogen-bond acceptors (Lipinski definition) is 7. The van der Waals surface area contributed by atoms with Crippen LogP contribution in [-0.4, -0.2) is 35.2 Å². The molecule has 0 spiro atoms. The summed E-state index contributed by atoms with van der Waals surface area (Å²) in [6.07, 6.45) is -1.27. The van der Waals surface area contributed by atoms with Crippen LogP contribution in [0.1, 0.15) is 17.3 Å². The second-order valence-electron chi connectivity index (χ2n) is 6.11. The lowest BCUT2D eigenvalue weighted by atomic mass is 10.1. The largest absolute Gasteiger partial charge is 0.573 e. The van der Waals surface area contributed by atoms with Crippen LogP contribution in [0.4, 0.5) is 24.8 Å². The molecule has 0 bridgehead atoms. The van der Waals surface area contributed by atoms with E-state index < -0.39 is 12.3 Å². The molecule has 0 amide bonds. The first kappa shape index (κ1) is 22.4. The topological polar surface area (TPSA) is 73.3 Å². The molecule has 0 atom stereocenters. The van der Waals surface area contributed by atoms with E-state index in [2.05, 4.69) is 20.0 Å². The first-order chi connectivity index (χ1) is 14.8. The zero-order chi connectivity index (χ0) is 22.4. The van der Waals surface area contributed by atoms with Crippen molar-refractivity contribution in [3.8, 4) is 17.0 Å². The molecule has 0 aliphatic rings. The van der Waals surface area contributed by atoms with Gasteiger partial charge in [-0.3, -0.25) is 0 Å². The Kier molecular flexibility index (Phi) is 7.01. The molecular formula is C21H18F3N3O3S. The molecule has 3 rings (SSSR count). The Morgan fingerprint density at radius 3 is 2.35 bits per heavy atom. The van der Waals surface area contributed by atoms with E-state index in [1.54, 1.807) is 37.4 Å². The number of thioether (sulfide) groups is 1. The number of nitrogens with one attached hydrogen (secondary N) is 1. The van der Waals surface area contributed by atoms with E-state index in [1.165, 1.54) is 36.0 Å². The van der Waals surface area contributed by atoms with Gasteiger partial charge in [-0.05, 0) is 61.7 Å². The summed E-state index contributed by atoms with van der Waals surface area (Å²) in [7, 11) is 0. The summed E-state index contributed by atoms with van der Waals surface area (Å²) in [5, 5.41) is 3.05. The Bertz CT molecular complexity index is 1040. The van der Waals surface area contributed by atoms with Crippen molar-refractivity contribution in [3.63, 3.8) is 0 Å². The molecule has 1 aromatic heterocycles. The minimum absolute atomic E-state index is 0.292. The van der Waals surface area contributed by atoms with Crippen LogP contribution in [0, 0.1) is 0 Å². The Balaban J connectivity index is 1.81. The lowest BCUT2D eigenvalue weighted by Gasteiger charge is -2.12. The number of hydrogen-bond donors (Lipinski definition) is 1. The van der Waals surface area contributed by atoms with Crippen molar-refractivity contribution < 1.29 is 27.4 Å². The molecule has 0 fully saturated rings. The maximum absolute atomic E-state index is 12.4. The van der Waals surface area contributed by atoms with E-state index in [1.807, 2.05) is 6.26 Å². The highest BCUT2D eigenvalue weighted by atomic mass is 32.2. The molecule has 6 nitrogen and oxygen atoms in total. The molecule has 10 heteroatoms. The van der Waals surface area contributed by atoms with Crippen molar-refractivity contribution in [1.29, 1.82) is 0 Å². The van der Waals surface area contributed by atoms with Crippen molar-refractivity contribution >= 4 is 29.4 Å². The van der Waals surface area contributed by atoms with Gasteiger partial charge >= 0.3 is 12.3 Å². The predicted octanol–water partition coefficient (Wildman–Crippen LogP) is 5.68. The second kappa shape index (κ2) is 9.69. The van der Waals surface area contributed by atoms with Gasteiger partial charge in [-0.25, -0.2) is 14.8 Å². The van der Waals surface area contributed by atoms with Crippen molar-refractivity contribution in [1.82, 2.24) is 9.97 Å². The number of carbonyl (C=O) groups excluding carboxylic acids is 1. The van der Waals surface area contributed by atoms with E-state index in [0.717, 1.165) is 4.90 Å². The summed E-state index contributed by atoms with van der Waals surface area (Å²) in [4.78, 5) is 21.3. The van der Waals surface area contributed by atoms with E-state index in [0.29, 0.717) is 35.1 Å². The van der Waals surface area contributed by atoms with Crippen molar-refractivity contribution in [2.75, 3.05) is 18.2 Å². The first-order valence-corrected chi connectivity index (χ1v) is 10.3. The van der Waals surface area contributed by atoms with Crippen molar-refractivity contribution in [3.05, 3.63) is 60.3 Å². The molecule has 162 valence electrons. The molecule has 2 aromatic carbocycles. The van der Waals surface area contributed by atoms with Gasteiger partial charge in [0, 0.05) is 17.4 Å². The molecule has 0 aliphatic heterocycles. The standard InChI is InChI=1S/C21H18F3N3O3S/c1-3-29-19(28)14-4-8-15(9-5-14)26-20-25-12-17(31-2)18(27-20)13-6-10-16(11-7-13)30-21(22,23)24/h4-12H,3H2,1-2H3,(H,25,26,27). The molecule has 0 saturated heterocycles. The average molecular weight is 449 g/mol. The zero-order valence-corrected chi connectivity index (χ0v) is 17.4. The number of esters is 1. The normalized spacial score (nSPS) is 11.1. The number of ether oxygens (including phenoxy) is 2. The monoisotopic (exact) mass is 449 g/mol. The quantitative estimate of drug-likeness (QED) is 0.367. The van der Waals surface area contributed by atoms with Gasteiger partial charge < -0.3 is 14.8 Å². The van der Waals surface area contributed by atoms with E-state index in [4.69, 9.17) is 4.74 Å². The van der Waals surface area contributed by atoms with Crippen LogP contribution in [0.3, 0.4) is 0 Å². The van der Waals surface area contributed by atoms with Crippen LogP contribution in [0.5, 0.6) is 5.75 Å². The molecule has 0 aliphatic carbocycles. The molecule has 0 radical (unpaired) electrons. The predicted molar refractivity (Wildman–Crippen MR) is 112 cm³/mol. The van der Waals surface area contributed by atoms with Crippen LogP contribution >= 0.6 is 11.8 Å². The summed E-state index contributed by atoms with van der Waals surface area (Å²) < 4.78 is 46.0. The molecule has 31 heavy (non-hydrogen) atoms. The third kappa shape index (κ3) is 6.11. The molecule has 1 N–H and O–H groups in total. The zero-order valence-electron chi connectivity index (χ0n) is 16.6. The highest BCUT2D eigenvalue weighted by Gasteiger charge is 2.31. The number of benzene rings is 2. The van der Waals surface area contributed by atoms with Gasteiger partial charge in [-0.2, -0.15) is 0 Å². The lowest BCUT2D eigenvalue weighted by molar-refractivity contribution is -0.274. The summed E-state index contributed by atoms with van der Waals surface area (Å²) in [5.41, 5.74) is 2.26. The smallest absolute Gasteiger partial charge is 0.462 e. The van der Waals surface area contributed by atoms with Crippen LogP contribution in [-0.2, 0) is 4.74 Å². The lowest BCUT2D eigenvalue weighted by Crippen LogP contribution is -2.16. The van der Waals surface area contributed by atoms with Crippen LogP contribution in [0.15, 0.2) is 59.6 Å². The molecule has 1 heterocycles. The Hall–Kier alpha value is -3.27. The van der Waals surface area contributed by atoms with Crippen molar-refractivity contribution in [2.45, 2.75) is 18.2 Å². The fourth-order valence-corrected chi connectivity index (χ4v) is 3.15. The van der Waals surface area contributed by atoms with Gasteiger partial charge in [-0.1, -0.05) is 0 Å². The fourth-order valence-electron chi connectivity index (χ4n) is 2.63. The maximum atomic E-state index is 12.4. The number of alkyl halides is 3. The fraction of sp³-hybridized carbons (Fsp3) is 0.190. The minimum Gasteiger partial charge on any atom is -0.462 e. The van der Waals surface area contributed by atoms with Gasteiger partial charge in [-0.15, -0.1) is 24.9 Å². The number of anilines is 2. The highest BCUT2D eigenvalue weighted by Crippen LogP contribution is 2.31. The third-order valence-corrected chi connectivity index (χ3v) is 4.73. The van der Waals surface area contributed by atoms with E-state index >= 15 is 0 Å². The van der Waals surface area contributed by atoms with Crippen LogP contribution < -0.4 is 10.1 Å². The highest BCUT2D eigenvalue weighted by molar-refractivity contribution is 7.98. The SMILES string of the molecule is CCOC(=O)c1ccc(Nc2ncc(SC)c(-c3ccc(OC(F)(F)F)cc3)n2)cc1. The maximum Gasteiger partial charge on any atom is 0.573 e. The van der Waals surface area contributed by atoms with Gasteiger partial charge in [0.05, 0.1) is 22.8 Å². The third-order valence-electron chi connectivity index (χ3n) is 3.99. The van der Waals surface area contributed by atoms with Crippen molar-refractivity contribution in [2.24, 2.45) is 0 Å². The van der Waals surface area contributed by atoms with Crippen LogP contribution in [0.2, 0.25) is 0 Å². The average Bonchev–Trinajstić information content (AvgIpc) is 2.74. The van der Waals surface area contributed by atoms with Gasteiger partial charge in [0.2, 0.25) is 5.95 Å². The first-order valence-electron chi connectivity index (χ1n) is 9.10.